The van der Waals surface area contributed by atoms with Gasteiger partial charge in [0, 0.05) is 38.1 Å². The van der Waals surface area contributed by atoms with Crippen LogP contribution in [0.1, 0.15) is 6.92 Å². The zero-order chi connectivity index (χ0) is 21.0. The second-order valence-corrected chi connectivity index (χ2v) is 10.1. The SMILES string of the molecule is CC(Sc1ccc(S(=O)(=O)N2CCN(C)CC2)cn1)C(=O)Nc1cccc(F)c1. The van der Waals surface area contributed by atoms with E-state index in [1.54, 1.807) is 19.1 Å². The second kappa shape index (κ2) is 9.21. The maximum absolute atomic E-state index is 13.2. The Morgan fingerprint density at radius 3 is 2.55 bits per heavy atom. The molecule has 0 radical (unpaired) electrons. The largest absolute Gasteiger partial charge is 0.325 e. The van der Waals surface area contributed by atoms with Gasteiger partial charge in [-0.3, -0.25) is 4.79 Å². The molecule has 3 rings (SSSR count). The van der Waals surface area contributed by atoms with Gasteiger partial charge in [0.15, 0.2) is 0 Å². The zero-order valence-corrected chi connectivity index (χ0v) is 17.8. The predicted octanol–water partition coefficient (Wildman–Crippen LogP) is 2.28. The van der Waals surface area contributed by atoms with Crippen molar-refractivity contribution in [2.45, 2.75) is 22.1 Å². The highest BCUT2D eigenvalue weighted by atomic mass is 32.2. The lowest BCUT2D eigenvalue weighted by Gasteiger charge is -2.31. The van der Waals surface area contributed by atoms with Crippen molar-refractivity contribution in [2.75, 3.05) is 38.5 Å². The molecule has 0 aliphatic carbocycles. The molecular formula is C19H23FN4O3S2. The van der Waals surface area contributed by atoms with Gasteiger partial charge in [0.25, 0.3) is 0 Å². The maximum Gasteiger partial charge on any atom is 0.244 e. The molecule has 2 aromatic rings. The van der Waals surface area contributed by atoms with Gasteiger partial charge in [-0.2, -0.15) is 4.31 Å². The highest BCUT2D eigenvalue weighted by Crippen LogP contribution is 2.24. The topological polar surface area (TPSA) is 82.6 Å². The number of thioether (sulfide) groups is 1. The Morgan fingerprint density at radius 2 is 1.93 bits per heavy atom. The standard InChI is InChI=1S/C19H23FN4O3S2/c1-14(19(25)22-16-5-3-4-15(20)12-16)28-18-7-6-17(13-21-18)29(26,27)24-10-8-23(2)9-11-24/h3-7,12-14H,8-11H2,1-2H3,(H,22,25). The number of carbonyl (C=O) groups is 1. The van der Waals surface area contributed by atoms with E-state index >= 15 is 0 Å². The molecule has 1 saturated heterocycles. The van der Waals surface area contributed by atoms with E-state index in [0.717, 1.165) is 0 Å². The minimum atomic E-state index is -3.57. The van der Waals surface area contributed by atoms with E-state index in [0.29, 0.717) is 36.9 Å². The fourth-order valence-corrected chi connectivity index (χ4v) is 4.97. The molecule has 0 saturated carbocycles. The number of nitrogens with one attached hydrogen (secondary N) is 1. The number of nitrogens with zero attached hydrogens (tertiary/aromatic N) is 3. The number of amides is 1. The Bertz CT molecular complexity index is 962. The number of rotatable bonds is 6. The van der Waals surface area contributed by atoms with Crippen LogP contribution in [-0.2, 0) is 14.8 Å². The molecule has 0 spiro atoms. The molecule has 1 aliphatic heterocycles. The van der Waals surface area contributed by atoms with Crippen molar-refractivity contribution < 1.29 is 17.6 Å². The summed E-state index contributed by atoms with van der Waals surface area (Å²) >= 11 is 1.20. The molecular weight excluding hydrogens is 415 g/mol. The summed E-state index contributed by atoms with van der Waals surface area (Å²) in [5.74, 6) is -0.724. The lowest BCUT2D eigenvalue weighted by atomic mass is 10.3. The third-order valence-corrected chi connectivity index (χ3v) is 7.50. The predicted molar refractivity (Wildman–Crippen MR) is 111 cm³/mol. The van der Waals surface area contributed by atoms with Crippen molar-refractivity contribution >= 4 is 33.4 Å². The van der Waals surface area contributed by atoms with E-state index in [1.807, 2.05) is 7.05 Å². The van der Waals surface area contributed by atoms with Crippen molar-refractivity contribution in [1.82, 2.24) is 14.2 Å². The van der Waals surface area contributed by atoms with E-state index in [1.165, 1.54) is 46.5 Å². The lowest BCUT2D eigenvalue weighted by molar-refractivity contribution is -0.115. The van der Waals surface area contributed by atoms with E-state index in [9.17, 15) is 17.6 Å². The quantitative estimate of drug-likeness (QED) is 0.697. The first-order chi connectivity index (χ1) is 13.8. The van der Waals surface area contributed by atoms with Gasteiger partial charge in [-0.05, 0) is 44.3 Å². The number of carbonyl (C=O) groups excluding carboxylic acids is 1. The second-order valence-electron chi connectivity index (χ2n) is 6.80. The van der Waals surface area contributed by atoms with Gasteiger partial charge in [-0.1, -0.05) is 17.8 Å². The summed E-state index contributed by atoms with van der Waals surface area (Å²) in [5, 5.41) is 2.69. The smallest absolute Gasteiger partial charge is 0.244 e. The third-order valence-electron chi connectivity index (χ3n) is 4.57. The highest BCUT2D eigenvalue weighted by Gasteiger charge is 2.27. The molecule has 10 heteroatoms. The van der Waals surface area contributed by atoms with Crippen molar-refractivity contribution in [1.29, 1.82) is 0 Å². The van der Waals surface area contributed by atoms with Crippen LogP contribution in [-0.4, -0.2) is 67.0 Å². The van der Waals surface area contributed by atoms with E-state index < -0.39 is 21.1 Å². The van der Waals surface area contributed by atoms with Crippen molar-refractivity contribution in [2.24, 2.45) is 0 Å². The summed E-state index contributed by atoms with van der Waals surface area (Å²) in [6.07, 6.45) is 1.33. The minimum Gasteiger partial charge on any atom is -0.325 e. The van der Waals surface area contributed by atoms with Crippen LogP contribution in [0.15, 0.2) is 52.5 Å². The number of pyridine rings is 1. The molecule has 1 unspecified atom stereocenters. The van der Waals surface area contributed by atoms with Crippen LogP contribution in [0.5, 0.6) is 0 Å². The average molecular weight is 439 g/mol. The first-order valence-corrected chi connectivity index (χ1v) is 11.5. The number of sulfonamides is 1. The van der Waals surface area contributed by atoms with Gasteiger partial charge in [-0.25, -0.2) is 17.8 Å². The number of hydrogen-bond acceptors (Lipinski definition) is 6. The molecule has 0 bridgehead atoms. The Balaban J connectivity index is 1.61. The van der Waals surface area contributed by atoms with Gasteiger partial charge in [0.1, 0.15) is 10.7 Å². The van der Waals surface area contributed by atoms with Crippen LogP contribution in [0.3, 0.4) is 0 Å². The maximum atomic E-state index is 13.2. The number of likely N-dealkylation sites (N-methyl/N-ethyl adjacent to an activating group) is 1. The Kier molecular flexibility index (Phi) is 6.89. The van der Waals surface area contributed by atoms with Crippen LogP contribution in [0.25, 0.3) is 0 Å². The normalized spacial score (nSPS) is 17.1. The van der Waals surface area contributed by atoms with Crippen LogP contribution < -0.4 is 5.32 Å². The van der Waals surface area contributed by atoms with Gasteiger partial charge in [0.2, 0.25) is 15.9 Å². The van der Waals surface area contributed by atoms with Crippen LogP contribution in [0, 0.1) is 5.82 Å². The Hall–Kier alpha value is -2.01. The Morgan fingerprint density at radius 1 is 1.21 bits per heavy atom. The van der Waals surface area contributed by atoms with Crippen molar-refractivity contribution in [3.63, 3.8) is 0 Å². The summed E-state index contributed by atoms with van der Waals surface area (Å²) in [7, 11) is -1.61. The molecule has 156 valence electrons. The third kappa shape index (κ3) is 5.53. The van der Waals surface area contributed by atoms with Crippen LogP contribution in [0.2, 0.25) is 0 Å². The van der Waals surface area contributed by atoms with E-state index in [-0.39, 0.29) is 10.8 Å². The van der Waals surface area contributed by atoms with Crippen LogP contribution in [0.4, 0.5) is 10.1 Å². The molecule has 29 heavy (non-hydrogen) atoms. The summed E-state index contributed by atoms with van der Waals surface area (Å²) in [4.78, 5) is 18.7. The zero-order valence-electron chi connectivity index (χ0n) is 16.2. The minimum absolute atomic E-state index is 0.142. The number of halogens is 1. The molecule has 1 N–H and O–H groups in total. The average Bonchev–Trinajstić information content (AvgIpc) is 2.68. The van der Waals surface area contributed by atoms with Crippen molar-refractivity contribution in [3.05, 3.63) is 48.4 Å². The summed E-state index contributed by atoms with van der Waals surface area (Å²) in [6.45, 7) is 3.99. The van der Waals surface area contributed by atoms with Gasteiger partial charge >= 0.3 is 0 Å². The first-order valence-electron chi connectivity index (χ1n) is 9.13. The number of aromatic nitrogens is 1. The lowest BCUT2D eigenvalue weighted by Crippen LogP contribution is -2.47. The number of benzene rings is 1. The summed E-state index contributed by atoms with van der Waals surface area (Å²) in [6, 6.07) is 8.78. The Labute approximate surface area is 174 Å². The van der Waals surface area contributed by atoms with E-state index in [4.69, 9.17) is 0 Å². The molecule has 1 aliphatic rings. The van der Waals surface area contributed by atoms with Crippen molar-refractivity contribution in [3.8, 4) is 0 Å². The summed E-state index contributed by atoms with van der Waals surface area (Å²) < 4.78 is 40.2. The molecule has 1 amide bonds. The molecule has 1 fully saturated rings. The first kappa shape index (κ1) is 21.7. The molecule has 2 heterocycles. The van der Waals surface area contributed by atoms with Gasteiger partial charge in [0.05, 0.1) is 10.3 Å². The fraction of sp³-hybridized carbons (Fsp3) is 0.368. The van der Waals surface area contributed by atoms with Gasteiger partial charge in [-0.15, -0.1) is 0 Å². The molecule has 7 nitrogen and oxygen atoms in total. The molecule has 1 atom stereocenters. The number of anilines is 1. The van der Waals surface area contributed by atoms with Crippen LogP contribution >= 0.6 is 11.8 Å². The van der Waals surface area contributed by atoms with Gasteiger partial charge < -0.3 is 10.2 Å². The number of hydrogen-bond donors (Lipinski definition) is 1. The molecule has 1 aromatic carbocycles. The monoisotopic (exact) mass is 438 g/mol. The fourth-order valence-electron chi connectivity index (χ4n) is 2.81. The van der Waals surface area contributed by atoms with E-state index in [2.05, 4.69) is 15.2 Å². The number of piperazine rings is 1. The highest BCUT2D eigenvalue weighted by molar-refractivity contribution is 8.00. The molecule has 1 aromatic heterocycles. The summed E-state index contributed by atoms with van der Waals surface area (Å²) in [5.41, 5.74) is 0.379.